The summed E-state index contributed by atoms with van der Waals surface area (Å²) < 4.78 is 0. The molecule has 2 rings (SSSR count). The molecule has 2 amide bonds. The molecule has 1 atom stereocenters. The van der Waals surface area contributed by atoms with E-state index >= 15 is 0 Å². The van der Waals surface area contributed by atoms with Crippen molar-refractivity contribution >= 4 is 11.8 Å². The predicted molar refractivity (Wildman–Crippen MR) is 90.6 cm³/mol. The molecule has 1 saturated carbocycles. The van der Waals surface area contributed by atoms with Gasteiger partial charge in [-0.15, -0.1) is 0 Å². The largest absolute Gasteiger partial charge is 0.356 e. The molecule has 23 heavy (non-hydrogen) atoms. The van der Waals surface area contributed by atoms with Gasteiger partial charge in [0.1, 0.15) is 0 Å². The summed E-state index contributed by atoms with van der Waals surface area (Å²) in [4.78, 5) is 23.7. The zero-order valence-corrected chi connectivity index (χ0v) is 13.6. The van der Waals surface area contributed by atoms with Crippen LogP contribution in [0.3, 0.4) is 0 Å². The molecule has 0 saturated heterocycles. The van der Waals surface area contributed by atoms with Gasteiger partial charge >= 0.3 is 0 Å². The number of nitrogens with two attached hydrogens (primary N) is 1. The maximum atomic E-state index is 11.9. The quantitative estimate of drug-likeness (QED) is 0.719. The van der Waals surface area contributed by atoms with Gasteiger partial charge in [-0.1, -0.05) is 49.6 Å². The molecule has 0 aromatic heterocycles. The van der Waals surface area contributed by atoms with E-state index in [1.165, 1.54) is 19.3 Å². The van der Waals surface area contributed by atoms with Crippen molar-refractivity contribution in [3.8, 4) is 0 Å². The van der Waals surface area contributed by atoms with Crippen molar-refractivity contribution in [3.05, 3.63) is 35.9 Å². The molecule has 1 fully saturated rings. The fourth-order valence-electron chi connectivity index (χ4n) is 2.95. The van der Waals surface area contributed by atoms with Crippen LogP contribution in [0.15, 0.2) is 30.3 Å². The van der Waals surface area contributed by atoms with Crippen LogP contribution in [0.4, 0.5) is 0 Å². The van der Waals surface area contributed by atoms with Crippen LogP contribution in [0.1, 0.15) is 56.6 Å². The number of rotatable bonds is 7. The molecule has 1 unspecified atom stereocenters. The highest BCUT2D eigenvalue weighted by Crippen LogP contribution is 2.17. The fraction of sp³-hybridized carbons (Fsp3) is 0.556. The van der Waals surface area contributed by atoms with Gasteiger partial charge < -0.3 is 16.4 Å². The molecule has 0 radical (unpaired) electrons. The molecule has 1 aliphatic carbocycles. The van der Waals surface area contributed by atoms with Crippen LogP contribution < -0.4 is 16.4 Å². The first-order chi connectivity index (χ1) is 11.1. The van der Waals surface area contributed by atoms with Gasteiger partial charge in [0, 0.05) is 31.5 Å². The molecular formula is C18H27N3O2. The summed E-state index contributed by atoms with van der Waals surface area (Å²) in [5.41, 5.74) is 6.95. The Morgan fingerprint density at radius 3 is 2.48 bits per heavy atom. The summed E-state index contributed by atoms with van der Waals surface area (Å²) >= 11 is 0. The third-order valence-corrected chi connectivity index (χ3v) is 4.28. The van der Waals surface area contributed by atoms with Crippen molar-refractivity contribution in [2.24, 2.45) is 5.73 Å². The Kier molecular flexibility index (Phi) is 7.07. The summed E-state index contributed by atoms with van der Waals surface area (Å²) in [5.74, 6) is -0.101. The number of amides is 2. The SMILES string of the molecule is NC(CC(=O)NCCC(=O)NC1CCCCC1)c1ccccc1. The van der Waals surface area contributed by atoms with Crippen molar-refractivity contribution in [2.45, 2.75) is 57.0 Å². The van der Waals surface area contributed by atoms with Crippen molar-refractivity contribution in [1.29, 1.82) is 0 Å². The zero-order chi connectivity index (χ0) is 16.5. The Labute approximate surface area is 138 Å². The number of benzene rings is 1. The third-order valence-electron chi connectivity index (χ3n) is 4.28. The molecule has 1 aromatic carbocycles. The molecule has 1 aliphatic rings. The normalized spacial score (nSPS) is 16.6. The van der Waals surface area contributed by atoms with Crippen LogP contribution in [0.5, 0.6) is 0 Å². The highest BCUT2D eigenvalue weighted by molar-refractivity contribution is 5.79. The Hall–Kier alpha value is -1.88. The first-order valence-corrected chi connectivity index (χ1v) is 8.52. The maximum absolute atomic E-state index is 11.9. The summed E-state index contributed by atoms with van der Waals surface area (Å²) in [7, 11) is 0. The Bertz CT molecular complexity index is 498. The minimum atomic E-state index is -0.313. The molecular weight excluding hydrogens is 290 g/mol. The number of hydrogen-bond donors (Lipinski definition) is 3. The van der Waals surface area contributed by atoms with E-state index in [4.69, 9.17) is 5.73 Å². The molecule has 0 spiro atoms. The van der Waals surface area contributed by atoms with Gasteiger partial charge in [-0.2, -0.15) is 0 Å². The Morgan fingerprint density at radius 2 is 1.78 bits per heavy atom. The molecule has 126 valence electrons. The number of carbonyl (C=O) groups is 2. The number of carbonyl (C=O) groups excluding carboxylic acids is 2. The van der Waals surface area contributed by atoms with E-state index in [1.807, 2.05) is 30.3 Å². The number of nitrogens with one attached hydrogen (secondary N) is 2. The van der Waals surface area contributed by atoms with Crippen LogP contribution in [0, 0.1) is 0 Å². The minimum Gasteiger partial charge on any atom is -0.356 e. The molecule has 5 nitrogen and oxygen atoms in total. The van der Waals surface area contributed by atoms with E-state index < -0.39 is 0 Å². The molecule has 1 aromatic rings. The van der Waals surface area contributed by atoms with E-state index in [0.717, 1.165) is 18.4 Å². The van der Waals surface area contributed by atoms with E-state index in [9.17, 15) is 9.59 Å². The Balaban J connectivity index is 1.61. The van der Waals surface area contributed by atoms with E-state index in [1.54, 1.807) is 0 Å². The van der Waals surface area contributed by atoms with Crippen LogP contribution in [-0.2, 0) is 9.59 Å². The lowest BCUT2D eigenvalue weighted by atomic mass is 9.95. The standard InChI is InChI=1S/C18H27N3O2/c19-16(14-7-3-1-4-8-14)13-18(23)20-12-11-17(22)21-15-9-5-2-6-10-15/h1,3-4,7-8,15-16H,2,5-6,9-13,19H2,(H,20,23)(H,21,22). The Morgan fingerprint density at radius 1 is 1.09 bits per heavy atom. The zero-order valence-electron chi connectivity index (χ0n) is 13.6. The average Bonchev–Trinajstić information content (AvgIpc) is 2.56. The summed E-state index contributed by atoms with van der Waals surface area (Å²) in [5, 5.41) is 5.82. The van der Waals surface area contributed by atoms with Crippen LogP contribution in [-0.4, -0.2) is 24.4 Å². The first kappa shape index (κ1) is 17.5. The maximum Gasteiger partial charge on any atom is 0.221 e. The lowest BCUT2D eigenvalue weighted by molar-refractivity contribution is -0.123. The first-order valence-electron chi connectivity index (χ1n) is 8.52. The van der Waals surface area contributed by atoms with Crippen molar-refractivity contribution in [1.82, 2.24) is 10.6 Å². The summed E-state index contributed by atoms with van der Waals surface area (Å²) in [6, 6.07) is 9.56. The highest BCUT2D eigenvalue weighted by atomic mass is 16.2. The van der Waals surface area contributed by atoms with Gasteiger partial charge in [-0.05, 0) is 18.4 Å². The van der Waals surface area contributed by atoms with Crippen molar-refractivity contribution < 1.29 is 9.59 Å². The van der Waals surface area contributed by atoms with Crippen LogP contribution in [0.2, 0.25) is 0 Å². The van der Waals surface area contributed by atoms with Gasteiger partial charge in [0.2, 0.25) is 11.8 Å². The highest BCUT2D eigenvalue weighted by Gasteiger charge is 2.16. The van der Waals surface area contributed by atoms with E-state index in [-0.39, 0.29) is 24.3 Å². The number of hydrogen-bond acceptors (Lipinski definition) is 3. The smallest absolute Gasteiger partial charge is 0.221 e. The average molecular weight is 317 g/mol. The van der Waals surface area contributed by atoms with E-state index in [2.05, 4.69) is 10.6 Å². The lowest BCUT2D eigenvalue weighted by Gasteiger charge is -2.22. The predicted octanol–water partition coefficient (Wildman–Crippen LogP) is 2.03. The molecule has 0 bridgehead atoms. The summed E-state index contributed by atoms with van der Waals surface area (Å²) in [6.07, 6.45) is 6.35. The third kappa shape index (κ3) is 6.40. The van der Waals surface area contributed by atoms with Gasteiger partial charge in [0.05, 0.1) is 0 Å². The van der Waals surface area contributed by atoms with Crippen LogP contribution >= 0.6 is 0 Å². The van der Waals surface area contributed by atoms with Crippen LogP contribution in [0.25, 0.3) is 0 Å². The van der Waals surface area contributed by atoms with Gasteiger partial charge in [-0.25, -0.2) is 0 Å². The van der Waals surface area contributed by atoms with Gasteiger partial charge in [0.25, 0.3) is 0 Å². The topological polar surface area (TPSA) is 84.2 Å². The minimum absolute atomic E-state index is 0.0181. The van der Waals surface area contributed by atoms with Gasteiger partial charge in [0.15, 0.2) is 0 Å². The molecule has 5 heteroatoms. The van der Waals surface area contributed by atoms with Crippen molar-refractivity contribution in [2.75, 3.05) is 6.54 Å². The molecule has 4 N–H and O–H groups in total. The van der Waals surface area contributed by atoms with Crippen molar-refractivity contribution in [3.63, 3.8) is 0 Å². The lowest BCUT2D eigenvalue weighted by Crippen LogP contribution is -2.38. The second-order valence-corrected chi connectivity index (χ2v) is 6.22. The summed E-state index contributed by atoms with van der Waals surface area (Å²) in [6.45, 7) is 0.360. The van der Waals surface area contributed by atoms with E-state index in [0.29, 0.717) is 19.0 Å². The second-order valence-electron chi connectivity index (χ2n) is 6.22. The monoisotopic (exact) mass is 317 g/mol. The fourth-order valence-corrected chi connectivity index (χ4v) is 2.95. The molecule has 0 heterocycles. The molecule has 0 aliphatic heterocycles. The second kappa shape index (κ2) is 9.30. The van der Waals surface area contributed by atoms with Gasteiger partial charge in [-0.3, -0.25) is 9.59 Å².